The molecule has 1 aromatic heterocycles. The molecule has 7 heteroatoms. The number of oxime groups is 1. The molecule has 0 atom stereocenters. The van der Waals surface area contributed by atoms with Crippen LogP contribution in [0.4, 0.5) is 0 Å². The molecule has 0 aliphatic rings. The number of aryl methyl sites for hydroxylation is 3. The number of thioether (sulfide) groups is 1. The van der Waals surface area contributed by atoms with Gasteiger partial charge in [0.2, 0.25) is 5.78 Å². The van der Waals surface area contributed by atoms with Crippen molar-refractivity contribution in [2.75, 3.05) is 5.75 Å². The van der Waals surface area contributed by atoms with E-state index in [1.807, 2.05) is 92.7 Å². The van der Waals surface area contributed by atoms with Gasteiger partial charge in [0.05, 0.1) is 0 Å². The van der Waals surface area contributed by atoms with Crippen molar-refractivity contribution in [3.63, 3.8) is 0 Å². The first-order valence-corrected chi connectivity index (χ1v) is 14.9. The molecule has 0 fully saturated rings. The van der Waals surface area contributed by atoms with E-state index in [0.717, 1.165) is 38.8 Å². The summed E-state index contributed by atoms with van der Waals surface area (Å²) in [6.45, 7) is 8.03. The van der Waals surface area contributed by atoms with Gasteiger partial charge >= 0.3 is 5.97 Å². The van der Waals surface area contributed by atoms with Crippen LogP contribution in [0, 0.1) is 13.8 Å². The normalized spacial score (nSPS) is 11.7. The van der Waals surface area contributed by atoms with Crippen LogP contribution in [0.5, 0.6) is 0 Å². The van der Waals surface area contributed by atoms with Gasteiger partial charge in [-0.15, -0.1) is 11.8 Å². The lowest BCUT2D eigenvalue weighted by Gasteiger charge is -2.07. The number of aromatic nitrogens is 1. The predicted molar refractivity (Wildman–Crippen MR) is 170 cm³/mol. The van der Waals surface area contributed by atoms with Crippen LogP contribution < -0.4 is 0 Å². The van der Waals surface area contributed by atoms with E-state index in [1.54, 1.807) is 17.8 Å². The SMILES string of the molecule is CCn1c2ccc(C(=O)C(CCSc3ccc(C)cc3)=NOC(C)=O)cc2c2cc(C(=O)c3ccccc3C)ccc21. The fourth-order valence-electron chi connectivity index (χ4n) is 5.10. The molecule has 212 valence electrons. The lowest BCUT2D eigenvalue weighted by Crippen LogP contribution is -2.16. The largest absolute Gasteiger partial charge is 0.341 e. The second-order valence-corrected chi connectivity index (χ2v) is 11.4. The molecule has 5 rings (SSSR count). The minimum atomic E-state index is -0.584. The van der Waals surface area contributed by atoms with Crippen molar-refractivity contribution in [3.05, 3.63) is 113 Å². The summed E-state index contributed by atoms with van der Waals surface area (Å²) in [6.07, 6.45) is 0.328. The third-order valence-electron chi connectivity index (χ3n) is 7.27. The number of Topliss-reactive ketones (excluding diaryl/α,β-unsaturated/α-hetero) is 1. The summed E-state index contributed by atoms with van der Waals surface area (Å²) in [5, 5.41) is 5.71. The van der Waals surface area contributed by atoms with Crippen molar-refractivity contribution in [3.8, 4) is 0 Å². The zero-order valence-corrected chi connectivity index (χ0v) is 25.0. The van der Waals surface area contributed by atoms with Gasteiger partial charge in [0.15, 0.2) is 5.78 Å². The first-order chi connectivity index (χ1) is 20.3. The van der Waals surface area contributed by atoms with Crippen molar-refractivity contribution in [2.24, 2.45) is 5.16 Å². The number of ketones is 2. The smallest absolute Gasteiger partial charge is 0.331 e. The van der Waals surface area contributed by atoms with Gasteiger partial charge in [-0.3, -0.25) is 9.59 Å². The number of carbonyl (C=O) groups is 3. The summed E-state index contributed by atoms with van der Waals surface area (Å²) in [6, 6.07) is 27.1. The van der Waals surface area contributed by atoms with Gasteiger partial charge < -0.3 is 9.40 Å². The highest BCUT2D eigenvalue weighted by Crippen LogP contribution is 2.32. The van der Waals surface area contributed by atoms with Gasteiger partial charge in [-0.2, -0.15) is 0 Å². The molecule has 0 N–H and O–H groups in total. The maximum atomic E-state index is 13.7. The van der Waals surface area contributed by atoms with Crippen LogP contribution in [-0.2, 0) is 16.2 Å². The quantitative estimate of drug-likeness (QED) is 0.0554. The predicted octanol–water partition coefficient (Wildman–Crippen LogP) is 7.95. The molecule has 0 amide bonds. The monoisotopic (exact) mass is 576 g/mol. The van der Waals surface area contributed by atoms with Gasteiger partial charge in [0, 0.05) is 69.0 Å². The molecule has 0 spiro atoms. The molecular weight excluding hydrogens is 544 g/mol. The van der Waals surface area contributed by atoms with Crippen LogP contribution in [0.1, 0.15) is 57.7 Å². The van der Waals surface area contributed by atoms with Crippen LogP contribution in [0.15, 0.2) is 95.0 Å². The summed E-state index contributed by atoms with van der Waals surface area (Å²) < 4.78 is 2.17. The van der Waals surface area contributed by atoms with Gasteiger partial charge in [-0.25, -0.2) is 4.79 Å². The van der Waals surface area contributed by atoms with E-state index in [0.29, 0.717) is 28.9 Å². The Labute approximate surface area is 249 Å². The topological polar surface area (TPSA) is 77.7 Å². The molecule has 0 saturated heterocycles. The first kappa shape index (κ1) is 29.0. The second kappa shape index (κ2) is 12.6. The molecule has 0 unspecified atom stereocenters. The molecule has 6 nitrogen and oxygen atoms in total. The van der Waals surface area contributed by atoms with Crippen LogP contribution in [0.2, 0.25) is 0 Å². The summed E-state index contributed by atoms with van der Waals surface area (Å²) >= 11 is 1.61. The Bertz CT molecular complexity index is 1850. The number of hydrogen-bond donors (Lipinski definition) is 0. The molecule has 0 bridgehead atoms. The number of fused-ring (bicyclic) bond motifs is 3. The molecule has 42 heavy (non-hydrogen) atoms. The summed E-state index contributed by atoms with van der Waals surface area (Å²) in [4.78, 5) is 44.6. The third-order valence-corrected chi connectivity index (χ3v) is 8.28. The van der Waals surface area contributed by atoms with Crippen molar-refractivity contribution < 1.29 is 19.2 Å². The number of hydrogen-bond acceptors (Lipinski definition) is 6. The van der Waals surface area contributed by atoms with Gasteiger partial charge in [0.25, 0.3) is 0 Å². The Morgan fingerprint density at radius 2 is 1.48 bits per heavy atom. The molecule has 0 aliphatic carbocycles. The number of carbonyl (C=O) groups excluding carboxylic acids is 3. The van der Waals surface area contributed by atoms with Gasteiger partial charge in [0.1, 0.15) is 5.71 Å². The minimum absolute atomic E-state index is 0.0403. The van der Waals surface area contributed by atoms with Crippen LogP contribution in [0.25, 0.3) is 21.8 Å². The molecule has 1 heterocycles. The maximum absolute atomic E-state index is 13.7. The molecule has 4 aromatic carbocycles. The molecule has 0 saturated carbocycles. The highest BCUT2D eigenvalue weighted by Gasteiger charge is 2.20. The third kappa shape index (κ3) is 6.06. The lowest BCUT2D eigenvalue weighted by molar-refractivity contribution is -0.140. The Balaban J connectivity index is 1.50. The lowest BCUT2D eigenvalue weighted by atomic mass is 9.97. The van der Waals surface area contributed by atoms with Crippen molar-refractivity contribution in [1.82, 2.24) is 4.57 Å². The fourth-order valence-corrected chi connectivity index (χ4v) is 5.96. The van der Waals surface area contributed by atoms with Gasteiger partial charge in [-0.1, -0.05) is 47.1 Å². The van der Waals surface area contributed by atoms with Gasteiger partial charge in [-0.05, 0) is 74.9 Å². The Morgan fingerprint density at radius 3 is 2.12 bits per heavy atom. The zero-order chi connectivity index (χ0) is 29.8. The summed E-state index contributed by atoms with van der Waals surface area (Å²) in [5.41, 5.74) is 5.94. The highest BCUT2D eigenvalue weighted by atomic mass is 32.2. The van der Waals surface area contributed by atoms with Crippen LogP contribution in [0.3, 0.4) is 0 Å². The second-order valence-electron chi connectivity index (χ2n) is 10.2. The van der Waals surface area contributed by atoms with Crippen molar-refractivity contribution >= 4 is 56.8 Å². The summed E-state index contributed by atoms with van der Waals surface area (Å²) in [7, 11) is 0. The van der Waals surface area contributed by atoms with Crippen LogP contribution in [-0.4, -0.2) is 33.6 Å². The van der Waals surface area contributed by atoms with E-state index in [-0.39, 0.29) is 17.3 Å². The fraction of sp³-hybridized carbons (Fsp3) is 0.200. The number of benzene rings is 4. The number of rotatable bonds is 10. The Hall–Kier alpha value is -4.49. The van der Waals surface area contributed by atoms with E-state index in [1.165, 1.54) is 12.5 Å². The Morgan fingerprint density at radius 1 is 0.833 bits per heavy atom. The van der Waals surface area contributed by atoms with E-state index in [4.69, 9.17) is 4.84 Å². The first-order valence-electron chi connectivity index (χ1n) is 13.9. The molecule has 0 aliphatic heterocycles. The summed E-state index contributed by atoms with van der Waals surface area (Å²) in [5.74, 6) is -0.330. The van der Waals surface area contributed by atoms with E-state index >= 15 is 0 Å². The van der Waals surface area contributed by atoms with Crippen molar-refractivity contribution in [2.45, 2.75) is 45.6 Å². The Kier molecular flexibility index (Phi) is 8.69. The zero-order valence-electron chi connectivity index (χ0n) is 24.1. The average molecular weight is 577 g/mol. The maximum Gasteiger partial charge on any atom is 0.331 e. The average Bonchev–Trinajstić information content (AvgIpc) is 3.31. The van der Waals surface area contributed by atoms with E-state index in [2.05, 4.69) is 16.6 Å². The molecule has 5 aromatic rings. The minimum Gasteiger partial charge on any atom is -0.341 e. The van der Waals surface area contributed by atoms with E-state index < -0.39 is 5.97 Å². The number of nitrogens with zero attached hydrogens (tertiary/aromatic N) is 2. The van der Waals surface area contributed by atoms with Crippen molar-refractivity contribution in [1.29, 1.82) is 0 Å². The highest BCUT2D eigenvalue weighted by molar-refractivity contribution is 7.99. The van der Waals surface area contributed by atoms with E-state index in [9.17, 15) is 14.4 Å². The standard InChI is InChI=1S/C35H32N2O4S/c1-5-37-32-16-12-25(34(39)28-9-7-6-8-23(28)3)20-29(32)30-21-26(13-17-33(30)37)35(40)31(36-41-24(4)38)18-19-42-27-14-10-22(2)11-15-27/h6-17,20-21H,5,18-19H2,1-4H3. The molecule has 0 radical (unpaired) electrons. The molecular formula is C35H32N2O4S. The van der Waals surface area contributed by atoms with Crippen LogP contribution >= 0.6 is 11.8 Å².